The lowest BCUT2D eigenvalue weighted by Gasteiger charge is -2.07. The van der Waals surface area contributed by atoms with E-state index in [-0.39, 0.29) is 5.91 Å². The van der Waals surface area contributed by atoms with Crippen molar-refractivity contribution in [1.82, 2.24) is 9.55 Å². The Labute approximate surface area is 153 Å². The van der Waals surface area contributed by atoms with Crippen molar-refractivity contribution in [3.8, 4) is 11.5 Å². The van der Waals surface area contributed by atoms with Crippen molar-refractivity contribution in [2.24, 2.45) is 12.0 Å². The van der Waals surface area contributed by atoms with E-state index in [2.05, 4.69) is 9.98 Å². The van der Waals surface area contributed by atoms with Crippen molar-refractivity contribution in [3.63, 3.8) is 0 Å². The van der Waals surface area contributed by atoms with Crippen molar-refractivity contribution in [3.05, 3.63) is 53.0 Å². The first kappa shape index (κ1) is 16.4. The predicted molar refractivity (Wildman–Crippen MR) is 102 cm³/mol. The highest BCUT2D eigenvalue weighted by Crippen LogP contribution is 2.33. The molecule has 0 aliphatic heterocycles. The number of amides is 1. The summed E-state index contributed by atoms with van der Waals surface area (Å²) >= 11 is 1.43. The molecule has 0 radical (unpaired) electrons. The van der Waals surface area contributed by atoms with Gasteiger partial charge in [-0.25, -0.2) is 0 Å². The minimum Gasteiger partial charge on any atom is -0.493 e. The molecule has 0 fully saturated rings. The highest BCUT2D eigenvalue weighted by Gasteiger charge is 2.14. The summed E-state index contributed by atoms with van der Waals surface area (Å²) in [6, 6.07) is 11.5. The summed E-state index contributed by atoms with van der Waals surface area (Å²) in [5, 5.41) is 0.869. The first-order valence-corrected chi connectivity index (χ1v) is 8.80. The minimum absolute atomic E-state index is 0.275. The van der Waals surface area contributed by atoms with Crippen molar-refractivity contribution in [1.29, 1.82) is 0 Å². The fourth-order valence-corrected chi connectivity index (χ4v) is 3.98. The van der Waals surface area contributed by atoms with E-state index in [1.807, 2.05) is 48.0 Å². The average molecular weight is 367 g/mol. The number of carbonyl (C=O) groups excluding carboxylic acids is 1. The molecule has 7 heteroatoms. The molecule has 0 spiro atoms. The van der Waals surface area contributed by atoms with Gasteiger partial charge in [-0.15, -0.1) is 0 Å². The molecule has 0 saturated heterocycles. The van der Waals surface area contributed by atoms with E-state index in [1.165, 1.54) is 11.3 Å². The zero-order valence-corrected chi connectivity index (χ0v) is 15.4. The van der Waals surface area contributed by atoms with Crippen LogP contribution in [0.25, 0.3) is 21.1 Å². The maximum Gasteiger partial charge on any atom is 0.281 e. The molecule has 1 amide bonds. The van der Waals surface area contributed by atoms with Gasteiger partial charge in [-0.05, 0) is 6.07 Å². The number of aromatic amines is 1. The molecule has 1 N–H and O–H groups in total. The Morgan fingerprint density at radius 2 is 1.88 bits per heavy atom. The van der Waals surface area contributed by atoms with Gasteiger partial charge in [0.2, 0.25) is 0 Å². The molecule has 4 aromatic rings. The number of hydrogen-bond donors (Lipinski definition) is 1. The first-order valence-electron chi connectivity index (χ1n) is 7.99. The van der Waals surface area contributed by atoms with Gasteiger partial charge in [0.1, 0.15) is 0 Å². The van der Waals surface area contributed by atoms with E-state index in [9.17, 15) is 4.79 Å². The molecule has 4 rings (SSSR count). The van der Waals surface area contributed by atoms with E-state index >= 15 is 0 Å². The molecular formula is C19H17N3O3S. The normalized spacial score (nSPS) is 12.0. The third-order valence-electron chi connectivity index (χ3n) is 4.33. The van der Waals surface area contributed by atoms with E-state index in [0.29, 0.717) is 21.9 Å². The van der Waals surface area contributed by atoms with E-state index in [4.69, 9.17) is 9.47 Å². The zero-order chi connectivity index (χ0) is 18.3. The summed E-state index contributed by atoms with van der Waals surface area (Å²) in [7, 11) is 5.08. The monoisotopic (exact) mass is 367 g/mol. The topological polar surface area (TPSA) is 68.6 Å². The second-order valence-corrected chi connectivity index (χ2v) is 6.79. The van der Waals surface area contributed by atoms with Crippen molar-refractivity contribution in [2.75, 3.05) is 14.2 Å². The largest absolute Gasteiger partial charge is 0.493 e. The Balaban J connectivity index is 1.85. The summed E-state index contributed by atoms with van der Waals surface area (Å²) in [5.74, 6) is 1.02. The van der Waals surface area contributed by atoms with Crippen molar-refractivity contribution < 1.29 is 14.3 Å². The molecule has 2 heterocycles. The maximum absolute atomic E-state index is 12.7. The lowest BCUT2D eigenvalue weighted by Crippen LogP contribution is -2.13. The van der Waals surface area contributed by atoms with E-state index < -0.39 is 0 Å². The van der Waals surface area contributed by atoms with Gasteiger partial charge in [0.25, 0.3) is 5.91 Å². The number of nitrogens with zero attached hydrogens (tertiary/aromatic N) is 2. The van der Waals surface area contributed by atoms with Crippen LogP contribution in [0.2, 0.25) is 0 Å². The second-order valence-electron chi connectivity index (χ2n) is 5.78. The number of fused-ring (bicyclic) bond motifs is 2. The van der Waals surface area contributed by atoms with Crippen LogP contribution < -0.4 is 14.3 Å². The Morgan fingerprint density at radius 3 is 2.65 bits per heavy atom. The molecule has 0 aliphatic rings. The van der Waals surface area contributed by atoms with Gasteiger partial charge in [0.15, 0.2) is 16.3 Å². The minimum atomic E-state index is -0.275. The van der Waals surface area contributed by atoms with Crippen LogP contribution in [-0.2, 0) is 7.05 Å². The van der Waals surface area contributed by atoms with Crippen LogP contribution in [0.1, 0.15) is 10.4 Å². The number of para-hydroxylation sites is 1. The van der Waals surface area contributed by atoms with Crippen LogP contribution in [0.3, 0.4) is 0 Å². The highest BCUT2D eigenvalue weighted by molar-refractivity contribution is 7.16. The molecule has 2 aromatic heterocycles. The van der Waals surface area contributed by atoms with Crippen LogP contribution in [0.4, 0.5) is 0 Å². The van der Waals surface area contributed by atoms with Gasteiger partial charge in [-0.2, -0.15) is 4.99 Å². The molecule has 132 valence electrons. The van der Waals surface area contributed by atoms with E-state index in [0.717, 1.165) is 21.1 Å². The van der Waals surface area contributed by atoms with Gasteiger partial charge >= 0.3 is 0 Å². The Kier molecular flexibility index (Phi) is 4.00. The quantitative estimate of drug-likeness (QED) is 0.603. The third kappa shape index (κ3) is 2.57. The van der Waals surface area contributed by atoms with Gasteiger partial charge in [-0.1, -0.05) is 29.5 Å². The summed E-state index contributed by atoms with van der Waals surface area (Å²) in [6.45, 7) is 0. The molecule has 0 aliphatic carbocycles. The standard InChI is InChI=1S/C19H17N3O3S/c1-22-14-8-15(24-2)16(25-3)9-17(14)26-19(22)21-18(23)12-10-20-13-7-5-4-6-11(12)13/h4-10,20H,1-3H3. The Morgan fingerprint density at radius 1 is 1.15 bits per heavy atom. The number of benzene rings is 2. The van der Waals surface area contributed by atoms with Crippen LogP contribution in [0.15, 0.2) is 47.6 Å². The number of hydrogen-bond acceptors (Lipinski definition) is 4. The summed E-state index contributed by atoms with van der Waals surface area (Å²) in [5.41, 5.74) is 2.41. The fraction of sp³-hybridized carbons (Fsp3) is 0.158. The zero-order valence-electron chi connectivity index (χ0n) is 14.6. The number of rotatable bonds is 3. The van der Waals surface area contributed by atoms with Gasteiger partial charge in [-0.3, -0.25) is 4.79 Å². The SMILES string of the molecule is COc1cc2sc(=NC(=O)c3c[nH]c4ccccc34)n(C)c2cc1OC. The van der Waals surface area contributed by atoms with Crippen LogP contribution >= 0.6 is 11.3 Å². The third-order valence-corrected chi connectivity index (χ3v) is 5.43. The smallest absolute Gasteiger partial charge is 0.281 e. The van der Waals surface area contributed by atoms with Gasteiger partial charge in [0, 0.05) is 36.3 Å². The summed E-state index contributed by atoms with van der Waals surface area (Å²) < 4.78 is 13.6. The number of aryl methyl sites for hydroxylation is 1. The lowest BCUT2D eigenvalue weighted by molar-refractivity contribution is 0.0999. The number of H-pyrrole nitrogens is 1. The Hall–Kier alpha value is -3.06. The molecular weight excluding hydrogens is 350 g/mol. The number of methoxy groups -OCH3 is 2. The lowest BCUT2D eigenvalue weighted by atomic mass is 10.2. The van der Waals surface area contributed by atoms with Crippen molar-refractivity contribution >= 4 is 38.4 Å². The van der Waals surface area contributed by atoms with E-state index in [1.54, 1.807) is 20.4 Å². The predicted octanol–water partition coefficient (Wildman–Crippen LogP) is 3.48. The molecule has 2 aromatic carbocycles. The molecule has 0 atom stereocenters. The van der Waals surface area contributed by atoms with Crippen LogP contribution in [0.5, 0.6) is 11.5 Å². The molecule has 0 bridgehead atoms. The number of carbonyl (C=O) groups is 1. The molecule has 6 nitrogen and oxygen atoms in total. The number of aromatic nitrogens is 2. The molecule has 0 saturated carbocycles. The number of thiazole rings is 1. The summed E-state index contributed by atoms with van der Waals surface area (Å²) in [4.78, 5) is 20.8. The summed E-state index contributed by atoms with van der Waals surface area (Å²) in [6.07, 6.45) is 1.70. The number of nitrogens with one attached hydrogen (secondary N) is 1. The fourth-order valence-electron chi connectivity index (χ4n) is 2.96. The molecule has 0 unspecified atom stereocenters. The number of ether oxygens (including phenoxy) is 2. The van der Waals surface area contributed by atoms with Crippen LogP contribution in [0, 0.1) is 0 Å². The van der Waals surface area contributed by atoms with Crippen LogP contribution in [-0.4, -0.2) is 29.7 Å². The second kappa shape index (κ2) is 6.34. The first-order chi connectivity index (χ1) is 12.6. The average Bonchev–Trinajstić information content (AvgIpc) is 3.22. The molecule has 26 heavy (non-hydrogen) atoms. The van der Waals surface area contributed by atoms with Gasteiger partial charge in [0.05, 0.1) is 30.0 Å². The highest BCUT2D eigenvalue weighted by atomic mass is 32.1. The maximum atomic E-state index is 12.7. The van der Waals surface area contributed by atoms with Gasteiger partial charge < -0.3 is 19.0 Å². The van der Waals surface area contributed by atoms with Crippen molar-refractivity contribution in [2.45, 2.75) is 0 Å². The Bertz CT molecular complexity index is 1200.